The number of hydrogen-bond acceptors (Lipinski definition) is 3. The third-order valence-electron chi connectivity index (χ3n) is 5.92. The second-order valence-electron chi connectivity index (χ2n) is 8.00. The fourth-order valence-corrected chi connectivity index (χ4v) is 4.07. The fourth-order valence-electron chi connectivity index (χ4n) is 4.07. The van der Waals surface area contributed by atoms with Gasteiger partial charge in [-0.25, -0.2) is 17.6 Å². The lowest BCUT2D eigenvalue weighted by atomic mass is 9.86. The van der Waals surface area contributed by atoms with E-state index in [4.69, 9.17) is 5.11 Å². The Labute approximate surface area is 179 Å². The number of hydrogen-bond donors (Lipinski definition) is 2. The third kappa shape index (κ3) is 4.26. The van der Waals surface area contributed by atoms with Gasteiger partial charge < -0.3 is 10.4 Å². The first-order valence-corrected chi connectivity index (χ1v) is 10.2. The molecule has 0 radical (unpaired) electrons. The molecule has 1 aromatic heterocycles. The summed E-state index contributed by atoms with van der Waals surface area (Å²) in [5, 5.41) is 16.8. The van der Waals surface area contributed by atoms with E-state index in [1.54, 1.807) is 10.7 Å². The van der Waals surface area contributed by atoms with E-state index in [9.17, 15) is 26.7 Å². The molecule has 0 aliphatic heterocycles. The molecule has 1 saturated carbocycles. The number of fused-ring (bicyclic) bond motifs is 1. The van der Waals surface area contributed by atoms with E-state index < -0.39 is 41.1 Å². The van der Waals surface area contributed by atoms with Crippen LogP contribution in [-0.2, 0) is 0 Å². The SMILES string of the molecule is O=C(NC[C@H]1CC[C@H](n2cc3ccc(C(F)F)cc3n2)CC1)c1cc(F)c(O)c(F)c1F. The normalized spacial score (nSPS) is 18.9. The lowest BCUT2D eigenvalue weighted by molar-refractivity contribution is 0.0935. The number of aromatic nitrogens is 2. The molecule has 32 heavy (non-hydrogen) atoms. The number of alkyl halides is 2. The number of nitrogens with one attached hydrogen (secondary N) is 1. The summed E-state index contributed by atoms with van der Waals surface area (Å²) in [6.07, 6.45) is 2.21. The van der Waals surface area contributed by atoms with Gasteiger partial charge in [-0.2, -0.15) is 9.49 Å². The molecule has 0 saturated heterocycles. The van der Waals surface area contributed by atoms with E-state index in [0.29, 0.717) is 11.6 Å². The lowest BCUT2D eigenvalue weighted by Gasteiger charge is -2.28. The summed E-state index contributed by atoms with van der Waals surface area (Å²) in [7, 11) is 0. The van der Waals surface area contributed by atoms with Gasteiger partial charge in [0, 0.05) is 23.7 Å². The second kappa shape index (κ2) is 8.76. The first-order chi connectivity index (χ1) is 15.2. The van der Waals surface area contributed by atoms with E-state index >= 15 is 0 Å². The molecule has 5 nitrogen and oxygen atoms in total. The van der Waals surface area contributed by atoms with Crippen LogP contribution in [0.25, 0.3) is 10.9 Å². The van der Waals surface area contributed by atoms with Gasteiger partial charge in [0.05, 0.1) is 17.1 Å². The number of rotatable bonds is 5. The minimum Gasteiger partial charge on any atom is -0.503 e. The van der Waals surface area contributed by atoms with Crippen LogP contribution in [0.4, 0.5) is 22.0 Å². The van der Waals surface area contributed by atoms with Crippen LogP contribution in [-0.4, -0.2) is 27.3 Å². The molecule has 0 atom stereocenters. The number of phenols is 1. The largest absolute Gasteiger partial charge is 0.503 e. The maximum absolute atomic E-state index is 13.8. The smallest absolute Gasteiger partial charge is 0.263 e. The minimum atomic E-state index is -2.56. The van der Waals surface area contributed by atoms with Gasteiger partial charge in [0.15, 0.2) is 17.4 Å². The molecule has 170 valence electrons. The van der Waals surface area contributed by atoms with Crippen molar-refractivity contribution in [2.75, 3.05) is 6.54 Å². The van der Waals surface area contributed by atoms with Crippen LogP contribution >= 0.6 is 0 Å². The standard InChI is InChI=1S/C22H20F5N3O2/c23-16-8-15(18(24)19(25)20(16)31)22(32)28-9-11-1-5-14(6-2-11)30-10-13-4-3-12(21(26)27)7-17(13)29-30/h3-4,7-8,10-11,14,21,31H,1-2,5-6,9H2,(H,28,32)/t11-,14-. The number of amides is 1. The number of nitrogens with zero attached hydrogens (tertiary/aromatic N) is 2. The third-order valence-corrected chi connectivity index (χ3v) is 5.92. The first-order valence-electron chi connectivity index (χ1n) is 10.2. The molecule has 2 aromatic carbocycles. The number of carbonyl (C=O) groups is 1. The summed E-state index contributed by atoms with van der Waals surface area (Å²) in [5.41, 5.74) is -0.377. The average Bonchev–Trinajstić information content (AvgIpc) is 3.22. The monoisotopic (exact) mass is 453 g/mol. The van der Waals surface area contributed by atoms with E-state index in [0.717, 1.165) is 31.1 Å². The Kier molecular flexibility index (Phi) is 6.03. The van der Waals surface area contributed by atoms with Gasteiger partial charge in [-0.05, 0) is 43.7 Å². The van der Waals surface area contributed by atoms with Crippen LogP contribution in [0.1, 0.15) is 54.1 Å². The topological polar surface area (TPSA) is 67.2 Å². The molecule has 0 bridgehead atoms. The fraction of sp³-hybridized carbons (Fsp3) is 0.364. The molecule has 0 unspecified atom stereocenters. The van der Waals surface area contributed by atoms with E-state index in [-0.39, 0.29) is 24.1 Å². The molecular formula is C22H20F5N3O2. The molecule has 10 heteroatoms. The van der Waals surface area contributed by atoms with E-state index in [2.05, 4.69) is 10.4 Å². The molecule has 1 heterocycles. The Morgan fingerprint density at radius 2 is 1.84 bits per heavy atom. The zero-order valence-corrected chi connectivity index (χ0v) is 16.8. The maximum atomic E-state index is 13.8. The molecule has 1 fully saturated rings. The Balaban J connectivity index is 1.34. The summed E-state index contributed by atoms with van der Waals surface area (Å²) < 4.78 is 68.3. The van der Waals surface area contributed by atoms with Crippen LogP contribution < -0.4 is 5.32 Å². The highest BCUT2D eigenvalue weighted by Crippen LogP contribution is 2.33. The van der Waals surface area contributed by atoms with Gasteiger partial charge in [-0.3, -0.25) is 9.48 Å². The molecule has 0 spiro atoms. The minimum absolute atomic E-state index is 0.0768. The number of aromatic hydroxyl groups is 1. The van der Waals surface area contributed by atoms with Crippen LogP contribution in [0.2, 0.25) is 0 Å². The molecule has 1 aliphatic carbocycles. The number of phenolic OH excluding ortho intramolecular Hbond substituents is 1. The van der Waals surface area contributed by atoms with Gasteiger partial charge in [0.1, 0.15) is 0 Å². The van der Waals surface area contributed by atoms with Crippen molar-refractivity contribution in [3.8, 4) is 5.75 Å². The van der Waals surface area contributed by atoms with Crippen molar-refractivity contribution in [2.45, 2.75) is 38.2 Å². The van der Waals surface area contributed by atoms with Gasteiger partial charge in [0.2, 0.25) is 5.82 Å². The van der Waals surface area contributed by atoms with Crippen LogP contribution in [0.3, 0.4) is 0 Å². The van der Waals surface area contributed by atoms with Gasteiger partial charge in [0.25, 0.3) is 12.3 Å². The van der Waals surface area contributed by atoms with Crippen LogP contribution in [0.15, 0.2) is 30.5 Å². The van der Waals surface area contributed by atoms with Crippen LogP contribution in [0.5, 0.6) is 5.75 Å². The van der Waals surface area contributed by atoms with Crippen molar-refractivity contribution in [2.24, 2.45) is 5.92 Å². The van der Waals surface area contributed by atoms with E-state index in [1.807, 2.05) is 6.20 Å². The Bertz CT molecular complexity index is 1160. The quantitative estimate of drug-likeness (QED) is 0.409. The van der Waals surface area contributed by atoms with Gasteiger partial charge in [-0.1, -0.05) is 12.1 Å². The summed E-state index contributed by atoms with van der Waals surface area (Å²) in [5.74, 6) is -7.17. The summed E-state index contributed by atoms with van der Waals surface area (Å²) in [6, 6.07) is 4.93. The highest BCUT2D eigenvalue weighted by molar-refractivity contribution is 5.94. The van der Waals surface area contributed by atoms with Crippen molar-refractivity contribution < 1.29 is 31.9 Å². The molecule has 1 aliphatic rings. The number of halogens is 5. The van der Waals surface area contributed by atoms with Crippen molar-refractivity contribution >= 4 is 16.8 Å². The zero-order chi connectivity index (χ0) is 23.0. The molecule has 4 rings (SSSR count). The highest BCUT2D eigenvalue weighted by atomic mass is 19.3. The molecule has 1 amide bonds. The maximum Gasteiger partial charge on any atom is 0.263 e. The summed E-state index contributed by atoms with van der Waals surface area (Å²) in [4.78, 5) is 12.2. The lowest BCUT2D eigenvalue weighted by Crippen LogP contribution is -2.32. The summed E-state index contributed by atoms with van der Waals surface area (Å²) >= 11 is 0. The molecular weight excluding hydrogens is 433 g/mol. The van der Waals surface area contributed by atoms with E-state index in [1.165, 1.54) is 12.1 Å². The second-order valence-corrected chi connectivity index (χ2v) is 8.00. The highest BCUT2D eigenvalue weighted by Gasteiger charge is 2.26. The van der Waals surface area contributed by atoms with Crippen LogP contribution in [0, 0.1) is 23.4 Å². The molecule has 3 aromatic rings. The Morgan fingerprint density at radius 3 is 2.53 bits per heavy atom. The van der Waals surface area contributed by atoms with Crippen molar-refractivity contribution in [1.82, 2.24) is 15.1 Å². The van der Waals surface area contributed by atoms with Crippen molar-refractivity contribution in [1.29, 1.82) is 0 Å². The number of benzene rings is 2. The predicted octanol–water partition coefficient (Wildman–Crippen LogP) is 5.26. The van der Waals surface area contributed by atoms with Gasteiger partial charge >= 0.3 is 0 Å². The molecule has 2 N–H and O–H groups in total. The average molecular weight is 453 g/mol. The zero-order valence-electron chi connectivity index (χ0n) is 16.8. The predicted molar refractivity (Wildman–Crippen MR) is 106 cm³/mol. The van der Waals surface area contributed by atoms with Gasteiger partial charge in [-0.15, -0.1) is 0 Å². The summed E-state index contributed by atoms with van der Waals surface area (Å²) in [6.45, 7) is 0.202. The van der Waals surface area contributed by atoms with Crippen molar-refractivity contribution in [3.63, 3.8) is 0 Å². The Hall–Kier alpha value is -3.17. The van der Waals surface area contributed by atoms with Crippen molar-refractivity contribution in [3.05, 3.63) is 59.0 Å². The Morgan fingerprint density at radius 1 is 1.12 bits per heavy atom. The first kappa shape index (κ1) is 22.0. The number of carbonyl (C=O) groups excluding carboxylic acids is 1.